The summed E-state index contributed by atoms with van der Waals surface area (Å²) >= 11 is 0. The highest BCUT2D eigenvalue weighted by Gasteiger charge is 2.16. The Morgan fingerprint density at radius 2 is 2.25 bits per heavy atom. The van der Waals surface area contributed by atoms with Crippen LogP contribution >= 0.6 is 0 Å². The minimum Gasteiger partial charge on any atom is -0.354 e. The van der Waals surface area contributed by atoms with Gasteiger partial charge < -0.3 is 5.32 Å². The van der Waals surface area contributed by atoms with Crippen molar-refractivity contribution in [2.45, 2.75) is 13.3 Å². The van der Waals surface area contributed by atoms with Gasteiger partial charge in [-0.2, -0.15) is 5.10 Å². The molecule has 0 aliphatic carbocycles. The van der Waals surface area contributed by atoms with Crippen molar-refractivity contribution in [2.24, 2.45) is 4.99 Å². The average molecular weight is 316 g/mol. The maximum Gasteiger partial charge on any atom is 0.0676 e. The number of aliphatic imine (C=N–C) groups is 1. The van der Waals surface area contributed by atoms with Crippen LogP contribution in [0.25, 0.3) is 17.7 Å². The third kappa shape index (κ3) is 3.13. The number of aromatic nitrogens is 2. The first-order chi connectivity index (χ1) is 11.7. The zero-order valence-electron chi connectivity index (χ0n) is 13.7. The van der Waals surface area contributed by atoms with E-state index in [2.05, 4.69) is 39.7 Å². The van der Waals surface area contributed by atoms with Gasteiger partial charge in [-0.1, -0.05) is 43.5 Å². The maximum atomic E-state index is 4.50. The molecule has 1 aromatic heterocycles. The normalized spacial score (nSPS) is 13.7. The molecule has 0 radical (unpaired) electrons. The molecule has 2 N–H and O–H groups in total. The average Bonchev–Trinajstić information content (AvgIpc) is 3.27. The standard InChI is InChI=1S/C20H20N4/c1-4-7-18-15(5-2)8-6-9-19(18)24-14(3)20-10-16(11-21-20)17-12-22-23-13-17/h4-9,11-13,24H,2-3,10H2,1H3,(H,22,23)/b7-4-. The van der Waals surface area contributed by atoms with Gasteiger partial charge in [-0.05, 0) is 24.1 Å². The summed E-state index contributed by atoms with van der Waals surface area (Å²) in [6.07, 6.45) is 12.2. The van der Waals surface area contributed by atoms with Gasteiger partial charge in [-0.3, -0.25) is 10.1 Å². The summed E-state index contributed by atoms with van der Waals surface area (Å²) < 4.78 is 0. The molecule has 0 unspecified atom stereocenters. The van der Waals surface area contributed by atoms with Gasteiger partial charge in [-0.25, -0.2) is 0 Å². The molecule has 0 fully saturated rings. The summed E-state index contributed by atoms with van der Waals surface area (Å²) in [7, 11) is 0. The number of anilines is 1. The van der Waals surface area contributed by atoms with Gasteiger partial charge in [0.1, 0.15) is 0 Å². The van der Waals surface area contributed by atoms with Crippen LogP contribution in [0.2, 0.25) is 0 Å². The van der Waals surface area contributed by atoms with E-state index in [-0.39, 0.29) is 0 Å². The van der Waals surface area contributed by atoms with Crippen LogP contribution in [-0.2, 0) is 0 Å². The molecule has 120 valence electrons. The molecule has 4 nitrogen and oxygen atoms in total. The highest BCUT2D eigenvalue weighted by atomic mass is 15.1. The van der Waals surface area contributed by atoms with Crippen molar-refractivity contribution in [3.05, 3.63) is 78.4 Å². The number of nitrogens with one attached hydrogen (secondary N) is 2. The number of allylic oxidation sites excluding steroid dienone is 3. The molecule has 4 heteroatoms. The number of hydrogen-bond donors (Lipinski definition) is 2. The maximum absolute atomic E-state index is 4.50. The summed E-state index contributed by atoms with van der Waals surface area (Å²) in [5, 5.41) is 10.2. The first-order valence-corrected chi connectivity index (χ1v) is 7.82. The lowest BCUT2D eigenvalue weighted by Crippen LogP contribution is -2.10. The summed E-state index contributed by atoms with van der Waals surface area (Å²) in [6, 6.07) is 6.08. The Labute approximate surface area is 142 Å². The fourth-order valence-corrected chi connectivity index (χ4v) is 2.67. The van der Waals surface area contributed by atoms with Crippen LogP contribution in [0.4, 0.5) is 5.69 Å². The Balaban J connectivity index is 1.76. The van der Waals surface area contributed by atoms with E-state index in [0.717, 1.165) is 45.8 Å². The minimum absolute atomic E-state index is 0.742. The molecule has 24 heavy (non-hydrogen) atoms. The molecule has 0 spiro atoms. The minimum atomic E-state index is 0.742. The third-order valence-electron chi connectivity index (χ3n) is 3.93. The number of rotatable bonds is 6. The second kappa shape index (κ2) is 6.96. The van der Waals surface area contributed by atoms with Crippen molar-refractivity contribution < 1.29 is 0 Å². The van der Waals surface area contributed by atoms with E-state index in [1.54, 1.807) is 6.20 Å². The summed E-state index contributed by atoms with van der Waals surface area (Å²) in [5.41, 5.74) is 7.10. The van der Waals surface area contributed by atoms with Crippen LogP contribution in [0, 0.1) is 0 Å². The molecule has 0 saturated heterocycles. The van der Waals surface area contributed by atoms with E-state index in [1.807, 2.05) is 49.7 Å². The molecular weight excluding hydrogens is 296 g/mol. The smallest absolute Gasteiger partial charge is 0.0676 e. The summed E-state index contributed by atoms with van der Waals surface area (Å²) in [5.74, 6) is 0. The van der Waals surface area contributed by atoms with Crippen molar-refractivity contribution >= 4 is 29.1 Å². The first kappa shape index (κ1) is 15.7. The quantitative estimate of drug-likeness (QED) is 0.796. The molecule has 0 atom stereocenters. The highest BCUT2D eigenvalue weighted by molar-refractivity contribution is 6.10. The van der Waals surface area contributed by atoms with Crippen molar-refractivity contribution in [2.75, 3.05) is 5.32 Å². The number of benzene rings is 1. The molecule has 0 bridgehead atoms. The van der Waals surface area contributed by atoms with Crippen LogP contribution in [0.15, 0.2) is 66.7 Å². The largest absolute Gasteiger partial charge is 0.354 e. The zero-order chi connectivity index (χ0) is 16.9. The Hall–Kier alpha value is -3.14. The van der Waals surface area contributed by atoms with E-state index in [4.69, 9.17) is 0 Å². The van der Waals surface area contributed by atoms with E-state index in [1.165, 1.54) is 0 Å². The molecular formula is C20H20N4. The van der Waals surface area contributed by atoms with Gasteiger partial charge in [0.2, 0.25) is 0 Å². The Bertz CT molecular complexity index is 852. The lowest BCUT2D eigenvalue weighted by molar-refractivity contribution is 1.09. The van der Waals surface area contributed by atoms with E-state index >= 15 is 0 Å². The zero-order valence-corrected chi connectivity index (χ0v) is 13.7. The Morgan fingerprint density at radius 1 is 1.38 bits per heavy atom. The monoisotopic (exact) mass is 316 g/mol. The van der Waals surface area contributed by atoms with E-state index < -0.39 is 0 Å². The molecule has 2 heterocycles. The molecule has 0 amide bonds. The summed E-state index contributed by atoms with van der Waals surface area (Å²) in [4.78, 5) is 4.50. The molecule has 3 rings (SSSR count). The van der Waals surface area contributed by atoms with Crippen LogP contribution in [-0.4, -0.2) is 15.9 Å². The first-order valence-electron chi connectivity index (χ1n) is 7.82. The van der Waals surface area contributed by atoms with E-state index in [9.17, 15) is 0 Å². The van der Waals surface area contributed by atoms with Gasteiger partial charge in [0.05, 0.1) is 17.6 Å². The van der Waals surface area contributed by atoms with Crippen LogP contribution in [0.5, 0.6) is 0 Å². The van der Waals surface area contributed by atoms with Gasteiger partial charge >= 0.3 is 0 Å². The SMILES string of the molecule is C=Cc1cccc(NC(=C)C2=NC=C(c3cn[nH]c3)C2)c1/C=C\C. The number of hydrogen-bond acceptors (Lipinski definition) is 3. The van der Waals surface area contributed by atoms with Crippen LogP contribution in [0.3, 0.4) is 0 Å². The van der Waals surface area contributed by atoms with Crippen molar-refractivity contribution in [1.82, 2.24) is 10.2 Å². The van der Waals surface area contributed by atoms with Crippen LogP contribution in [0.1, 0.15) is 30.0 Å². The lowest BCUT2D eigenvalue weighted by Gasteiger charge is -2.14. The predicted octanol–water partition coefficient (Wildman–Crippen LogP) is 4.90. The second-order valence-corrected chi connectivity index (χ2v) is 5.51. The Kier molecular flexibility index (Phi) is 4.57. The second-order valence-electron chi connectivity index (χ2n) is 5.51. The van der Waals surface area contributed by atoms with Gasteiger partial charge in [-0.15, -0.1) is 0 Å². The van der Waals surface area contributed by atoms with Crippen molar-refractivity contribution in [1.29, 1.82) is 0 Å². The van der Waals surface area contributed by atoms with Crippen molar-refractivity contribution in [3.63, 3.8) is 0 Å². The number of H-pyrrole nitrogens is 1. The van der Waals surface area contributed by atoms with Crippen LogP contribution < -0.4 is 5.32 Å². The molecule has 2 aromatic rings. The van der Waals surface area contributed by atoms with Gasteiger partial charge in [0, 0.05) is 35.6 Å². The van der Waals surface area contributed by atoms with E-state index in [0.29, 0.717) is 0 Å². The molecule has 1 aliphatic rings. The fourth-order valence-electron chi connectivity index (χ4n) is 2.67. The molecule has 0 saturated carbocycles. The number of aromatic amines is 1. The Morgan fingerprint density at radius 3 is 2.96 bits per heavy atom. The topological polar surface area (TPSA) is 53.1 Å². The van der Waals surface area contributed by atoms with Gasteiger partial charge in [0.15, 0.2) is 0 Å². The predicted molar refractivity (Wildman–Crippen MR) is 103 cm³/mol. The molecule has 1 aliphatic heterocycles. The van der Waals surface area contributed by atoms with Gasteiger partial charge in [0.25, 0.3) is 0 Å². The third-order valence-corrected chi connectivity index (χ3v) is 3.93. The highest BCUT2D eigenvalue weighted by Crippen LogP contribution is 2.28. The summed E-state index contributed by atoms with van der Waals surface area (Å²) in [6.45, 7) is 10.0. The van der Waals surface area contributed by atoms with Crippen molar-refractivity contribution in [3.8, 4) is 0 Å². The lowest BCUT2D eigenvalue weighted by atomic mass is 10.0. The fraction of sp³-hybridized carbons (Fsp3) is 0.100. The molecule has 1 aromatic carbocycles. The number of nitrogens with zero attached hydrogens (tertiary/aromatic N) is 2.